The van der Waals surface area contributed by atoms with Crippen molar-refractivity contribution in [1.82, 2.24) is 9.36 Å². The standard InChI is InChI=1S/C12H12ClN5OS/c1-2-7-14-12-17-10(18-20-12)16-11(19)15-9-5-3-8(13)4-6-9/h2-6H,1,7H2,(H3,14,15,16,17,18,19). The summed E-state index contributed by atoms with van der Waals surface area (Å²) in [5.41, 5.74) is 0.632. The fraction of sp³-hybridized carbons (Fsp3) is 0.0833. The number of carbonyl (C=O) groups is 1. The maximum atomic E-state index is 11.7. The highest BCUT2D eigenvalue weighted by Gasteiger charge is 2.07. The lowest BCUT2D eigenvalue weighted by atomic mass is 10.3. The van der Waals surface area contributed by atoms with Crippen LogP contribution in [-0.2, 0) is 0 Å². The minimum absolute atomic E-state index is 0.244. The second kappa shape index (κ2) is 6.88. The normalized spacial score (nSPS) is 9.85. The molecular formula is C12H12ClN5OS. The summed E-state index contributed by atoms with van der Waals surface area (Å²) in [6, 6.07) is 6.37. The molecule has 2 amide bonds. The zero-order chi connectivity index (χ0) is 14.4. The van der Waals surface area contributed by atoms with Crippen LogP contribution in [0.1, 0.15) is 0 Å². The van der Waals surface area contributed by atoms with Crippen molar-refractivity contribution >= 4 is 45.9 Å². The van der Waals surface area contributed by atoms with Crippen molar-refractivity contribution < 1.29 is 4.79 Å². The smallest absolute Gasteiger partial charge is 0.326 e. The third-order valence-corrected chi connectivity index (χ3v) is 3.08. The first kappa shape index (κ1) is 14.3. The number of carbonyl (C=O) groups excluding carboxylic acids is 1. The van der Waals surface area contributed by atoms with Gasteiger partial charge in [-0.05, 0) is 24.3 Å². The average Bonchev–Trinajstić information content (AvgIpc) is 2.86. The van der Waals surface area contributed by atoms with Crippen LogP contribution in [0.2, 0.25) is 5.02 Å². The summed E-state index contributed by atoms with van der Waals surface area (Å²) >= 11 is 6.92. The van der Waals surface area contributed by atoms with Gasteiger partial charge in [0.25, 0.3) is 0 Å². The first-order valence-electron chi connectivity index (χ1n) is 5.69. The van der Waals surface area contributed by atoms with Crippen molar-refractivity contribution in [3.63, 3.8) is 0 Å². The van der Waals surface area contributed by atoms with Crippen LogP contribution in [-0.4, -0.2) is 21.9 Å². The Morgan fingerprint density at radius 2 is 2.10 bits per heavy atom. The van der Waals surface area contributed by atoms with E-state index in [9.17, 15) is 4.79 Å². The number of halogens is 1. The van der Waals surface area contributed by atoms with E-state index in [0.29, 0.717) is 22.4 Å². The average molecular weight is 310 g/mol. The fourth-order valence-corrected chi connectivity index (χ4v) is 1.96. The van der Waals surface area contributed by atoms with Crippen LogP contribution in [0.5, 0.6) is 0 Å². The number of rotatable bonds is 5. The highest BCUT2D eigenvalue weighted by atomic mass is 35.5. The Kier molecular flexibility index (Phi) is 4.91. The number of nitrogens with one attached hydrogen (secondary N) is 3. The molecule has 0 radical (unpaired) electrons. The highest BCUT2D eigenvalue weighted by molar-refractivity contribution is 7.09. The molecule has 1 aromatic heterocycles. The number of benzene rings is 1. The number of nitrogens with zero attached hydrogens (tertiary/aromatic N) is 2. The Morgan fingerprint density at radius 3 is 2.80 bits per heavy atom. The highest BCUT2D eigenvalue weighted by Crippen LogP contribution is 2.15. The number of amides is 2. The number of hydrogen-bond donors (Lipinski definition) is 3. The Balaban J connectivity index is 1.89. The lowest BCUT2D eigenvalue weighted by Crippen LogP contribution is -2.20. The molecule has 0 bridgehead atoms. The quantitative estimate of drug-likeness (QED) is 0.739. The Morgan fingerprint density at radius 1 is 1.35 bits per heavy atom. The van der Waals surface area contributed by atoms with E-state index in [1.54, 1.807) is 30.3 Å². The topological polar surface area (TPSA) is 78.9 Å². The lowest BCUT2D eigenvalue weighted by Gasteiger charge is -2.04. The summed E-state index contributed by atoms with van der Waals surface area (Å²) in [6.45, 7) is 4.18. The minimum Gasteiger partial charge on any atom is -0.357 e. The van der Waals surface area contributed by atoms with E-state index in [4.69, 9.17) is 11.6 Å². The molecule has 0 spiro atoms. The predicted octanol–water partition coefficient (Wildman–Crippen LogP) is 3.43. The van der Waals surface area contributed by atoms with E-state index in [2.05, 4.69) is 31.9 Å². The molecule has 3 N–H and O–H groups in total. The van der Waals surface area contributed by atoms with Gasteiger partial charge in [-0.1, -0.05) is 17.7 Å². The molecule has 2 aromatic rings. The number of hydrogen-bond acceptors (Lipinski definition) is 5. The molecule has 2 rings (SSSR count). The zero-order valence-electron chi connectivity index (χ0n) is 10.4. The third kappa shape index (κ3) is 4.22. The van der Waals surface area contributed by atoms with Crippen LogP contribution in [0, 0.1) is 0 Å². The molecule has 104 valence electrons. The van der Waals surface area contributed by atoms with Gasteiger partial charge in [0, 0.05) is 28.8 Å². The molecule has 0 fully saturated rings. The lowest BCUT2D eigenvalue weighted by molar-refractivity contribution is 0.262. The van der Waals surface area contributed by atoms with Gasteiger partial charge in [0.15, 0.2) is 0 Å². The van der Waals surface area contributed by atoms with E-state index in [1.165, 1.54) is 0 Å². The molecule has 0 aliphatic heterocycles. The van der Waals surface area contributed by atoms with Crippen LogP contribution in [0.25, 0.3) is 0 Å². The first-order valence-corrected chi connectivity index (χ1v) is 6.84. The molecule has 0 saturated heterocycles. The summed E-state index contributed by atoms with van der Waals surface area (Å²) in [7, 11) is 0. The molecule has 1 aromatic carbocycles. The van der Waals surface area contributed by atoms with Crippen molar-refractivity contribution in [2.45, 2.75) is 0 Å². The number of urea groups is 1. The summed E-state index contributed by atoms with van der Waals surface area (Å²) < 4.78 is 4.01. The monoisotopic (exact) mass is 309 g/mol. The van der Waals surface area contributed by atoms with Crippen LogP contribution in [0.15, 0.2) is 36.9 Å². The first-order chi connectivity index (χ1) is 9.67. The molecule has 0 aliphatic rings. The van der Waals surface area contributed by atoms with Gasteiger partial charge >= 0.3 is 6.03 Å². The Hall–Kier alpha value is -2.12. The summed E-state index contributed by atoms with van der Waals surface area (Å²) in [4.78, 5) is 15.8. The van der Waals surface area contributed by atoms with Gasteiger partial charge in [0.05, 0.1) is 0 Å². The molecule has 20 heavy (non-hydrogen) atoms. The summed E-state index contributed by atoms with van der Waals surface area (Å²) in [6.07, 6.45) is 1.71. The number of anilines is 3. The van der Waals surface area contributed by atoms with Crippen molar-refractivity contribution in [3.8, 4) is 0 Å². The second-order valence-corrected chi connectivity index (χ2v) is 4.87. The molecule has 6 nitrogen and oxygen atoms in total. The molecule has 8 heteroatoms. The van der Waals surface area contributed by atoms with Gasteiger partial charge in [-0.15, -0.1) is 6.58 Å². The van der Waals surface area contributed by atoms with Crippen molar-refractivity contribution in [1.29, 1.82) is 0 Å². The largest absolute Gasteiger partial charge is 0.357 e. The molecule has 0 aliphatic carbocycles. The number of aromatic nitrogens is 2. The van der Waals surface area contributed by atoms with Gasteiger partial charge in [-0.2, -0.15) is 9.36 Å². The molecule has 1 heterocycles. The van der Waals surface area contributed by atoms with E-state index in [-0.39, 0.29) is 5.95 Å². The van der Waals surface area contributed by atoms with Crippen LogP contribution in [0.4, 0.5) is 21.6 Å². The molecule has 0 saturated carbocycles. The van der Waals surface area contributed by atoms with Crippen molar-refractivity contribution in [2.24, 2.45) is 0 Å². The SMILES string of the molecule is C=CCNc1nc(NC(=O)Nc2ccc(Cl)cc2)ns1. The third-order valence-electron chi connectivity index (χ3n) is 2.15. The van der Waals surface area contributed by atoms with Crippen molar-refractivity contribution in [2.75, 3.05) is 22.5 Å². The second-order valence-electron chi connectivity index (χ2n) is 3.68. The van der Waals surface area contributed by atoms with Gasteiger partial charge < -0.3 is 10.6 Å². The van der Waals surface area contributed by atoms with Gasteiger partial charge in [0.1, 0.15) is 0 Å². The predicted molar refractivity (Wildman–Crippen MR) is 82.7 cm³/mol. The molecular weight excluding hydrogens is 298 g/mol. The van der Waals surface area contributed by atoms with Crippen molar-refractivity contribution in [3.05, 3.63) is 41.9 Å². The summed E-state index contributed by atoms with van der Waals surface area (Å²) in [5, 5.41) is 9.40. The maximum absolute atomic E-state index is 11.7. The van der Waals surface area contributed by atoms with Gasteiger partial charge in [-0.25, -0.2) is 4.79 Å². The summed E-state index contributed by atoms with van der Waals surface area (Å²) in [5.74, 6) is 0.244. The van der Waals surface area contributed by atoms with E-state index in [0.717, 1.165) is 11.5 Å². The van der Waals surface area contributed by atoms with Crippen LogP contribution in [0.3, 0.4) is 0 Å². The van der Waals surface area contributed by atoms with E-state index < -0.39 is 6.03 Å². The fourth-order valence-electron chi connectivity index (χ4n) is 1.30. The maximum Gasteiger partial charge on any atom is 0.326 e. The van der Waals surface area contributed by atoms with Gasteiger partial charge in [-0.3, -0.25) is 5.32 Å². The van der Waals surface area contributed by atoms with E-state index >= 15 is 0 Å². The zero-order valence-corrected chi connectivity index (χ0v) is 12.0. The van der Waals surface area contributed by atoms with Crippen LogP contribution >= 0.6 is 23.1 Å². The Bertz CT molecular complexity index is 598. The molecule has 0 atom stereocenters. The van der Waals surface area contributed by atoms with E-state index in [1.807, 2.05) is 0 Å². The van der Waals surface area contributed by atoms with Gasteiger partial charge in [0.2, 0.25) is 11.1 Å². The minimum atomic E-state index is -0.416. The Labute approximate surface area is 125 Å². The van der Waals surface area contributed by atoms with Crippen LogP contribution < -0.4 is 16.0 Å². The molecule has 0 unspecified atom stereocenters.